The monoisotopic (exact) mass is 126 g/mol. The summed E-state index contributed by atoms with van der Waals surface area (Å²) < 4.78 is 0. The van der Waals surface area contributed by atoms with Crippen LogP contribution in [0.2, 0.25) is 0 Å². The van der Waals surface area contributed by atoms with Gasteiger partial charge in [-0.05, 0) is 20.2 Å². The van der Waals surface area contributed by atoms with Crippen molar-refractivity contribution in [2.45, 2.75) is 0 Å². The molecule has 0 bridgehead atoms. The van der Waals surface area contributed by atoms with Crippen molar-refractivity contribution in [3.63, 3.8) is 0 Å². The molecule has 0 heterocycles. The van der Waals surface area contributed by atoms with E-state index in [9.17, 15) is 0 Å². The van der Waals surface area contributed by atoms with Gasteiger partial charge in [0.2, 0.25) is 0 Å². The van der Waals surface area contributed by atoms with Gasteiger partial charge in [-0.15, -0.1) is 0 Å². The molecule has 6 heteroatoms. The van der Waals surface area contributed by atoms with Crippen molar-refractivity contribution < 1.29 is 29.9 Å². The summed E-state index contributed by atoms with van der Waals surface area (Å²) in [5.74, 6) is 0. The minimum atomic E-state index is 1.23. The summed E-state index contributed by atoms with van der Waals surface area (Å²) in [4.78, 5) is 7.81. The highest BCUT2D eigenvalue weighted by molar-refractivity contribution is 3.37. The Kier molecular flexibility index (Phi) is 6.56. The second-order valence-electron chi connectivity index (χ2n) is 0.605. The van der Waals surface area contributed by atoms with Gasteiger partial charge in [0, 0.05) is 0 Å². The molecule has 0 unspecified atom stereocenters. The van der Waals surface area contributed by atoms with Gasteiger partial charge in [0.15, 0.2) is 0 Å². The van der Waals surface area contributed by atoms with E-state index >= 15 is 0 Å². The minimum Gasteiger partial charge on any atom is -0.207 e. The molecule has 0 radical (unpaired) electrons. The van der Waals surface area contributed by atoms with Gasteiger partial charge < -0.3 is 0 Å². The Morgan fingerprint density at radius 2 is 1.00 bits per heavy atom. The molecule has 8 heavy (non-hydrogen) atoms. The third-order valence-corrected chi connectivity index (χ3v) is 0.219. The first-order valence-electron chi connectivity index (χ1n) is 1.65. The summed E-state index contributed by atoms with van der Waals surface area (Å²) in [6.45, 7) is 0. The van der Waals surface area contributed by atoms with Crippen LogP contribution in [0.15, 0.2) is 0 Å². The highest BCUT2D eigenvalue weighted by Gasteiger charge is 1.84. The zero-order chi connectivity index (χ0) is 6.24. The van der Waals surface area contributed by atoms with Crippen LogP contribution in [0, 0.1) is 0 Å². The van der Waals surface area contributed by atoms with Crippen LogP contribution in [0.5, 0.6) is 0 Å². The van der Waals surface area contributed by atoms with Crippen molar-refractivity contribution in [1.29, 1.82) is 0 Å². The Morgan fingerprint density at radius 1 is 0.625 bits per heavy atom. The Balaban J connectivity index is 2.53. The molecule has 50 valence electrons. The van der Waals surface area contributed by atoms with Crippen LogP contribution in [0.25, 0.3) is 0 Å². The lowest BCUT2D eigenvalue weighted by atomic mass is 11.8. The van der Waals surface area contributed by atoms with Gasteiger partial charge >= 0.3 is 0 Å². The fraction of sp³-hybridized carbons (Fsp3) is 1.00. The zero-order valence-electron chi connectivity index (χ0n) is 4.45. The van der Waals surface area contributed by atoms with Crippen LogP contribution in [-0.2, 0) is 29.9 Å². The second kappa shape index (κ2) is 6.76. The first kappa shape index (κ1) is 7.76. The second-order valence-corrected chi connectivity index (χ2v) is 0.605. The standard InChI is InChI=1S/C2H6O6/c1-3-5-7-8-6-4-2/h1-2H3. The summed E-state index contributed by atoms with van der Waals surface area (Å²) in [6, 6.07) is 0. The maximum absolute atomic E-state index is 3.91. The molecular formula is C2H6O6. The Morgan fingerprint density at radius 3 is 1.25 bits per heavy atom. The number of hydrogen-bond donors (Lipinski definition) is 0. The fourth-order valence-electron chi connectivity index (χ4n) is 0.0782. The van der Waals surface area contributed by atoms with E-state index in [1.807, 2.05) is 0 Å². The van der Waals surface area contributed by atoms with Crippen molar-refractivity contribution in [2.24, 2.45) is 0 Å². The van der Waals surface area contributed by atoms with Gasteiger partial charge in [0.05, 0.1) is 14.2 Å². The van der Waals surface area contributed by atoms with Crippen LogP contribution in [0.1, 0.15) is 0 Å². The van der Waals surface area contributed by atoms with Crippen molar-refractivity contribution >= 4 is 0 Å². The van der Waals surface area contributed by atoms with Crippen LogP contribution >= 0.6 is 0 Å². The number of hydrogen-bond acceptors (Lipinski definition) is 6. The van der Waals surface area contributed by atoms with Gasteiger partial charge in [0.25, 0.3) is 0 Å². The quantitative estimate of drug-likeness (QED) is 0.292. The molecular weight excluding hydrogens is 120 g/mol. The van der Waals surface area contributed by atoms with E-state index in [1.165, 1.54) is 14.2 Å². The lowest BCUT2D eigenvalue weighted by Gasteiger charge is -1.93. The molecule has 0 amide bonds. The molecule has 0 aromatic heterocycles. The molecule has 0 aliphatic rings. The topological polar surface area (TPSA) is 55.4 Å². The van der Waals surface area contributed by atoms with Crippen molar-refractivity contribution in [3.8, 4) is 0 Å². The van der Waals surface area contributed by atoms with E-state index in [4.69, 9.17) is 0 Å². The molecule has 0 N–H and O–H groups in total. The normalized spacial score (nSPS) is 9.75. The first-order chi connectivity index (χ1) is 3.91. The van der Waals surface area contributed by atoms with Gasteiger partial charge in [0.1, 0.15) is 0 Å². The van der Waals surface area contributed by atoms with Crippen LogP contribution in [0.3, 0.4) is 0 Å². The molecule has 0 spiro atoms. The zero-order valence-corrected chi connectivity index (χ0v) is 4.45. The predicted molar refractivity (Wildman–Crippen MR) is 18.4 cm³/mol. The predicted octanol–water partition coefficient (Wildman–Crippen LogP) is -0.0794. The van der Waals surface area contributed by atoms with Gasteiger partial charge in [-0.25, -0.2) is 9.78 Å². The van der Waals surface area contributed by atoms with E-state index in [1.54, 1.807) is 0 Å². The van der Waals surface area contributed by atoms with E-state index < -0.39 is 0 Å². The summed E-state index contributed by atoms with van der Waals surface area (Å²) in [5, 5.41) is 14.7. The summed E-state index contributed by atoms with van der Waals surface area (Å²) in [5.41, 5.74) is 0. The lowest BCUT2D eigenvalue weighted by molar-refractivity contribution is -0.752. The van der Waals surface area contributed by atoms with E-state index in [0.29, 0.717) is 0 Å². The average Bonchev–Trinajstić information content (AvgIpc) is 1.81. The summed E-state index contributed by atoms with van der Waals surface area (Å²) in [7, 11) is 2.46. The molecule has 0 aromatic rings. The van der Waals surface area contributed by atoms with Gasteiger partial charge in [-0.3, -0.25) is 0 Å². The van der Waals surface area contributed by atoms with Crippen molar-refractivity contribution in [1.82, 2.24) is 0 Å². The van der Waals surface area contributed by atoms with Crippen LogP contribution in [0.4, 0.5) is 0 Å². The van der Waals surface area contributed by atoms with Crippen LogP contribution in [-0.4, -0.2) is 14.2 Å². The third kappa shape index (κ3) is 5.76. The fourth-order valence-corrected chi connectivity index (χ4v) is 0.0782. The molecule has 0 aliphatic carbocycles. The smallest absolute Gasteiger partial charge is 0.0745 e. The Labute approximate surface area is 45.4 Å². The maximum Gasteiger partial charge on any atom is 0.0745 e. The Bertz CT molecular complexity index is 31.5. The van der Waals surface area contributed by atoms with Crippen LogP contribution < -0.4 is 0 Å². The van der Waals surface area contributed by atoms with Crippen molar-refractivity contribution in [2.75, 3.05) is 14.2 Å². The number of rotatable bonds is 5. The highest BCUT2D eigenvalue weighted by Crippen LogP contribution is 1.81. The minimum absolute atomic E-state index is 1.23. The lowest BCUT2D eigenvalue weighted by Crippen LogP contribution is -1.95. The molecule has 0 atom stereocenters. The molecule has 0 saturated heterocycles. The van der Waals surface area contributed by atoms with E-state index in [2.05, 4.69) is 29.9 Å². The largest absolute Gasteiger partial charge is 0.207 e. The maximum atomic E-state index is 3.91. The van der Waals surface area contributed by atoms with E-state index in [-0.39, 0.29) is 0 Å². The van der Waals surface area contributed by atoms with Gasteiger partial charge in [-0.1, -0.05) is 0 Å². The molecule has 0 rings (SSSR count). The first-order valence-corrected chi connectivity index (χ1v) is 1.65. The summed E-state index contributed by atoms with van der Waals surface area (Å²) in [6.07, 6.45) is 0. The highest BCUT2D eigenvalue weighted by atomic mass is 17.8. The van der Waals surface area contributed by atoms with E-state index in [0.717, 1.165) is 0 Å². The molecule has 6 nitrogen and oxygen atoms in total. The SMILES string of the molecule is COOOOOOC. The molecule has 0 aromatic carbocycles. The third-order valence-electron chi connectivity index (χ3n) is 0.219. The molecule has 0 fully saturated rings. The average molecular weight is 126 g/mol. The molecule has 0 aliphatic heterocycles. The van der Waals surface area contributed by atoms with Crippen molar-refractivity contribution in [3.05, 3.63) is 0 Å². The molecule has 0 saturated carbocycles. The Hall–Kier alpha value is -0.240. The van der Waals surface area contributed by atoms with Gasteiger partial charge in [-0.2, -0.15) is 0 Å². The summed E-state index contributed by atoms with van der Waals surface area (Å²) >= 11 is 0.